The van der Waals surface area contributed by atoms with Gasteiger partial charge in [0.15, 0.2) is 0 Å². The summed E-state index contributed by atoms with van der Waals surface area (Å²) in [5.74, 6) is -0.0880. The van der Waals surface area contributed by atoms with E-state index in [1.807, 2.05) is 0 Å². The van der Waals surface area contributed by atoms with Crippen molar-refractivity contribution in [2.75, 3.05) is 0 Å². The number of unbranched alkanes of at least 4 members (excludes halogenated alkanes) is 7. The van der Waals surface area contributed by atoms with Gasteiger partial charge in [0, 0.05) is 6.42 Å². The van der Waals surface area contributed by atoms with Gasteiger partial charge in [-0.15, -0.1) is 0 Å². The molecular weight excluding hydrogens is 280 g/mol. The van der Waals surface area contributed by atoms with E-state index in [9.17, 15) is 4.79 Å². The average molecular weight is 309 g/mol. The summed E-state index contributed by atoms with van der Waals surface area (Å²) in [6.45, 7) is 2.23. The molecule has 0 aromatic rings. The lowest BCUT2D eigenvalue weighted by atomic mass is 10.1. The number of rotatable bonds is 13. The Bertz CT molecular complexity index is 193. The first-order valence-corrected chi connectivity index (χ1v) is 10.2. The van der Waals surface area contributed by atoms with Gasteiger partial charge in [-0.05, 0) is 6.42 Å². The van der Waals surface area contributed by atoms with E-state index in [2.05, 4.69) is 6.92 Å². The molecule has 7 heteroatoms. The molecule has 0 aliphatic heterocycles. The molecule has 0 radical (unpaired) electrons. The second kappa shape index (κ2) is 15.1. The Morgan fingerprint density at radius 3 is 2.22 bits per heavy atom. The van der Waals surface area contributed by atoms with Crippen LogP contribution >= 0.6 is 0 Å². The molecule has 0 spiro atoms. The Labute approximate surface area is 119 Å². The Morgan fingerprint density at radius 2 is 1.61 bits per heavy atom. The van der Waals surface area contributed by atoms with Gasteiger partial charge < -0.3 is 12.7 Å². The van der Waals surface area contributed by atoms with Gasteiger partial charge in [0.05, 0.1) is 0 Å². The van der Waals surface area contributed by atoms with E-state index >= 15 is 0 Å². The molecule has 0 aromatic carbocycles. The van der Waals surface area contributed by atoms with Crippen LogP contribution in [0.2, 0.25) is 0 Å². The van der Waals surface area contributed by atoms with Crippen LogP contribution in [0.1, 0.15) is 64.7 Å². The predicted molar refractivity (Wildman–Crippen MR) is 82.5 cm³/mol. The zero-order valence-corrected chi connectivity index (χ0v) is 16.7. The van der Waals surface area contributed by atoms with Gasteiger partial charge in [-0.25, -0.2) is 0 Å². The van der Waals surface area contributed by atoms with Crippen molar-refractivity contribution in [1.82, 2.24) is 0 Å². The predicted octanol–water partition coefficient (Wildman–Crippen LogP) is 0.372. The molecule has 0 unspecified atom stereocenters. The van der Waals surface area contributed by atoms with Gasteiger partial charge in [-0.3, -0.25) is 4.79 Å². The topological polar surface area (TPSA) is 44.8 Å². The van der Waals surface area contributed by atoms with Crippen LogP contribution in [0.5, 0.6) is 0 Å². The first-order valence-electron chi connectivity index (χ1n) is 7.03. The molecule has 0 aliphatic rings. The Morgan fingerprint density at radius 1 is 1.00 bits per heavy atom. The minimum atomic E-state index is -1.09. The Balaban J connectivity index is 3.10. The first-order chi connectivity index (χ1) is 8.81. The van der Waals surface area contributed by atoms with Gasteiger partial charge in [-0.2, -0.15) is 0 Å². The van der Waals surface area contributed by atoms with E-state index in [-0.39, 0.29) is 5.97 Å². The highest BCUT2D eigenvalue weighted by Gasteiger charge is 2.02. The fourth-order valence-corrected chi connectivity index (χ4v) is 4.75. The summed E-state index contributed by atoms with van der Waals surface area (Å²) >= 11 is 0. The van der Waals surface area contributed by atoms with Crippen molar-refractivity contribution >= 4 is 36.5 Å². The van der Waals surface area contributed by atoms with Crippen molar-refractivity contribution < 1.29 is 17.5 Å². The van der Waals surface area contributed by atoms with Crippen molar-refractivity contribution in [2.24, 2.45) is 0 Å². The number of carbonyl (C=O) groups excluding carboxylic acids is 1. The molecule has 0 atom stereocenters. The minimum absolute atomic E-state index is 0.0880. The van der Waals surface area contributed by atoms with Crippen LogP contribution < -0.4 is 0 Å². The summed E-state index contributed by atoms with van der Waals surface area (Å²) < 4.78 is 15.2. The van der Waals surface area contributed by atoms with E-state index in [0.29, 0.717) is 6.42 Å². The minimum Gasteiger partial charge on any atom is -0.500 e. The van der Waals surface area contributed by atoms with Crippen molar-refractivity contribution in [3.05, 3.63) is 0 Å². The summed E-state index contributed by atoms with van der Waals surface area (Å²) in [5, 5.41) is 0. The summed E-state index contributed by atoms with van der Waals surface area (Å²) in [6, 6.07) is 0. The third-order valence-electron chi connectivity index (χ3n) is 2.74. The van der Waals surface area contributed by atoms with Crippen molar-refractivity contribution in [1.29, 1.82) is 0 Å². The maximum absolute atomic E-state index is 11.3. The zero-order chi connectivity index (χ0) is 13.5. The van der Waals surface area contributed by atoms with Crippen LogP contribution in [-0.2, 0) is 17.5 Å². The Kier molecular flexibility index (Phi) is 15.1. The second-order valence-corrected chi connectivity index (χ2v) is 9.17. The lowest BCUT2D eigenvalue weighted by Crippen LogP contribution is -2.14. The summed E-state index contributed by atoms with van der Waals surface area (Å²) in [7, 11) is -1.18. The molecule has 0 bridgehead atoms. The summed E-state index contributed by atoms with van der Waals surface area (Å²) in [5.41, 5.74) is 0. The van der Waals surface area contributed by atoms with Gasteiger partial charge >= 0.3 is 10.0 Å². The second-order valence-electron chi connectivity index (χ2n) is 4.47. The average Bonchev–Trinajstić information content (AvgIpc) is 2.38. The van der Waals surface area contributed by atoms with Crippen molar-refractivity contribution in [2.45, 2.75) is 64.7 Å². The SMILES string of the molecule is CCCCCCCCCCC(=O)O[SiH2]O[SiH2]O[SiH3]. The van der Waals surface area contributed by atoms with Gasteiger partial charge in [-0.1, -0.05) is 51.9 Å². The lowest BCUT2D eigenvalue weighted by Gasteiger charge is -2.05. The third kappa shape index (κ3) is 14.1. The standard InChI is InChI=1S/C11H28O4Si3/c1-2-3-4-5-6-7-8-9-10-11(12)13-17-15-18-14-16/h2-10,17-18H2,1,16H3. The molecule has 0 aliphatic carbocycles. The third-order valence-corrected chi connectivity index (χ3v) is 5.45. The maximum atomic E-state index is 11.3. The molecule has 0 amide bonds. The highest BCUT2D eigenvalue weighted by Crippen LogP contribution is 2.09. The van der Waals surface area contributed by atoms with Crippen LogP contribution in [-0.4, -0.2) is 36.5 Å². The van der Waals surface area contributed by atoms with E-state index < -0.39 is 20.0 Å². The highest BCUT2D eigenvalue weighted by molar-refractivity contribution is 6.39. The largest absolute Gasteiger partial charge is 0.500 e. The van der Waals surface area contributed by atoms with Crippen molar-refractivity contribution in [3.8, 4) is 0 Å². The number of carbonyl (C=O) groups is 1. The van der Waals surface area contributed by atoms with E-state index in [4.69, 9.17) is 12.7 Å². The van der Waals surface area contributed by atoms with Crippen LogP contribution in [0, 0.1) is 0 Å². The van der Waals surface area contributed by atoms with E-state index in [1.165, 1.54) is 38.5 Å². The monoisotopic (exact) mass is 308 g/mol. The van der Waals surface area contributed by atoms with Crippen LogP contribution in [0.4, 0.5) is 0 Å². The molecule has 0 fully saturated rings. The molecule has 0 rings (SSSR count). The quantitative estimate of drug-likeness (QED) is 0.364. The normalized spacial score (nSPS) is 12.1. The number of hydrogen-bond donors (Lipinski definition) is 0. The van der Waals surface area contributed by atoms with Crippen LogP contribution in [0.15, 0.2) is 0 Å². The maximum Gasteiger partial charge on any atom is 0.360 e. The highest BCUT2D eigenvalue weighted by atomic mass is 28.4. The molecular formula is C11H28O4Si3. The van der Waals surface area contributed by atoms with Gasteiger partial charge in [0.2, 0.25) is 0 Å². The Hall–Kier alpha value is 0.0406. The molecule has 4 nitrogen and oxygen atoms in total. The lowest BCUT2D eigenvalue weighted by molar-refractivity contribution is -0.135. The number of hydrogen-bond acceptors (Lipinski definition) is 4. The van der Waals surface area contributed by atoms with E-state index in [0.717, 1.165) is 23.3 Å². The molecule has 0 heterocycles. The molecule has 0 saturated carbocycles. The van der Waals surface area contributed by atoms with Crippen LogP contribution in [0.25, 0.3) is 0 Å². The van der Waals surface area contributed by atoms with Crippen LogP contribution in [0.3, 0.4) is 0 Å². The van der Waals surface area contributed by atoms with Crippen molar-refractivity contribution in [3.63, 3.8) is 0 Å². The first kappa shape index (κ1) is 18.0. The molecule has 0 aromatic heterocycles. The zero-order valence-electron chi connectivity index (χ0n) is 11.9. The molecule has 0 N–H and O–H groups in total. The summed E-state index contributed by atoms with van der Waals surface area (Å²) in [6.07, 6.45) is 10.5. The fraction of sp³-hybridized carbons (Fsp3) is 0.909. The molecule has 108 valence electrons. The smallest absolute Gasteiger partial charge is 0.360 e. The molecule has 0 saturated heterocycles. The van der Waals surface area contributed by atoms with Gasteiger partial charge in [0.25, 0.3) is 16.0 Å². The molecule has 18 heavy (non-hydrogen) atoms. The summed E-state index contributed by atoms with van der Waals surface area (Å²) in [4.78, 5) is 11.3. The van der Waals surface area contributed by atoms with Gasteiger partial charge in [0.1, 0.15) is 10.5 Å². The fourth-order valence-electron chi connectivity index (χ4n) is 1.70. The van der Waals surface area contributed by atoms with E-state index in [1.54, 1.807) is 0 Å².